The van der Waals surface area contributed by atoms with E-state index in [1.165, 1.54) is 10.9 Å². The van der Waals surface area contributed by atoms with Gasteiger partial charge in [0, 0.05) is 30.3 Å². The predicted octanol–water partition coefficient (Wildman–Crippen LogP) is 2.47. The van der Waals surface area contributed by atoms with Crippen molar-refractivity contribution in [3.8, 4) is 0 Å². The fourth-order valence-electron chi connectivity index (χ4n) is 1.81. The molecule has 0 saturated heterocycles. The molecule has 0 atom stereocenters. The van der Waals surface area contributed by atoms with Crippen LogP contribution in [0.1, 0.15) is 23.3 Å². The Bertz CT molecular complexity index is 606. The number of nitrogens with zero attached hydrogens (tertiary/aromatic N) is 3. The van der Waals surface area contributed by atoms with Gasteiger partial charge in [-0.3, -0.25) is 9.36 Å². The van der Waals surface area contributed by atoms with E-state index >= 15 is 0 Å². The number of halogens is 1. The van der Waals surface area contributed by atoms with Gasteiger partial charge < -0.3 is 0 Å². The first-order valence-corrected chi connectivity index (χ1v) is 7.02. The zero-order valence-electron chi connectivity index (χ0n) is 10.3. The van der Waals surface area contributed by atoms with Crippen LogP contribution in [0.25, 0.3) is 0 Å². The summed E-state index contributed by atoms with van der Waals surface area (Å²) in [5, 5.41) is 0.266. The van der Waals surface area contributed by atoms with Crippen molar-refractivity contribution >= 4 is 22.9 Å². The van der Waals surface area contributed by atoms with E-state index in [1.54, 1.807) is 15.9 Å². The summed E-state index contributed by atoms with van der Waals surface area (Å²) >= 11 is 7.41. The molecule has 2 rings (SSSR count). The third kappa shape index (κ3) is 2.79. The van der Waals surface area contributed by atoms with Gasteiger partial charge in [0.05, 0.1) is 11.2 Å². The number of aryl methyl sites for hydroxylation is 3. The predicted molar refractivity (Wildman–Crippen MR) is 73.4 cm³/mol. The highest BCUT2D eigenvalue weighted by Crippen LogP contribution is 2.13. The standard InChI is InChI=1S/C12H14ClN3OS/c1-3-11-15-10(13)6-12(17)16(11)5-4-9-8(2)14-7-18-9/h6-7H,3-5H2,1-2H3. The third-order valence-electron chi connectivity index (χ3n) is 2.78. The van der Waals surface area contributed by atoms with Crippen molar-refractivity contribution in [3.63, 3.8) is 0 Å². The molecule has 0 aliphatic rings. The first-order chi connectivity index (χ1) is 8.61. The molecule has 0 bridgehead atoms. The molecule has 18 heavy (non-hydrogen) atoms. The molecular weight excluding hydrogens is 270 g/mol. The summed E-state index contributed by atoms with van der Waals surface area (Å²) in [5.74, 6) is 0.731. The quantitative estimate of drug-likeness (QED) is 0.810. The first kappa shape index (κ1) is 13.2. The number of aromatic nitrogens is 3. The monoisotopic (exact) mass is 283 g/mol. The number of hydrogen-bond donors (Lipinski definition) is 0. The van der Waals surface area contributed by atoms with Crippen molar-refractivity contribution < 1.29 is 0 Å². The highest BCUT2D eigenvalue weighted by molar-refractivity contribution is 7.09. The average Bonchev–Trinajstić information content (AvgIpc) is 2.73. The zero-order chi connectivity index (χ0) is 13.1. The van der Waals surface area contributed by atoms with Crippen LogP contribution >= 0.6 is 22.9 Å². The lowest BCUT2D eigenvalue weighted by Gasteiger charge is -2.10. The highest BCUT2D eigenvalue weighted by atomic mass is 35.5. The molecule has 2 heterocycles. The molecule has 0 N–H and O–H groups in total. The molecular formula is C12H14ClN3OS. The lowest BCUT2D eigenvalue weighted by molar-refractivity contribution is 0.615. The fourth-order valence-corrected chi connectivity index (χ4v) is 2.77. The van der Waals surface area contributed by atoms with E-state index < -0.39 is 0 Å². The van der Waals surface area contributed by atoms with Gasteiger partial charge in [-0.2, -0.15) is 0 Å². The maximum absolute atomic E-state index is 11.9. The van der Waals surface area contributed by atoms with Crippen LogP contribution in [0.5, 0.6) is 0 Å². The normalized spacial score (nSPS) is 10.8. The van der Waals surface area contributed by atoms with Crippen LogP contribution in [0.4, 0.5) is 0 Å². The van der Waals surface area contributed by atoms with E-state index in [-0.39, 0.29) is 10.7 Å². The van der Waals surface area contributed by atoms with Gasteiger partial charge in [0.15, 0.2) is 0 Å². The molecule has 96 valence electrons. The molecule has 0 radical (unpaired) electrons. The van der Waals surface area contributed by atoms with Crippen molar-refractivity contribution in [1.82, 2.24) is 14.5 Å². The van der Waals surface area contributed by atoms with Gasteiger partial charge in [0.2, 0.25) is 0 Å². The molecule has 0 aliphatic carbocycles. The minimum absolute atomic E-state index is 0.0889. The van der Waals surface area contributed by atoms with E-state index in [4.69, 9.17) is 11.6 Å². The van der Waals surface area contributed by atoms with Crippen LogP contribution in [0.3, 0.4) is 0 Å². The summed E-state index contributed by atoms with van der Waals surface area (Å²) < 4.78 is 1.69. The van der Waals surface area contributed by atoms with Crippen molar-refractivity contribution in [2.24, 2.45) is 0 Å². The number of hydrogen-bond acceptors (Lipinski definition) is 4. The number of rotatable bonds is 4. The summed E-state index contributed by atoms with van der Waals surface area (Å²) in [6, 6.07) is 1.36. The van der Waals surface area contributed by atoms with Gasteiger partial charge in [-0.05, 0) is 6.92 Å². The third-order valence-corrected chi connectivity index (χ3v) is 3.97. The Morgan fingerprint density at radius 1 is 1.50 bits per heavy atom. The van der Waals surface area contributed by atoms with Gasteiger partial charge >= 0.3 is 0 Å². The SMILES string of the molecule is CCc1nc(Cl)cc(=O)n1CCc1scnc1C. The Kier molecular flexibility index (Phi) is 4.14. The minimum atomic E-state index is -0.0889. The molecule has 0 fully saturated rings. The number of thiazole rings is 1. The highest BCUT2D eigenvalue weighted by Gasteiger charge is 2.08. The van der Waals surface area contributed by atoms with Gasteiger partial charge in [0.1, 0.15) is 11.0 Å². The van der Waals surface area contributed by atoms with Crippen LogP contribution in [-0.2, 0) is 19.4 Å². The summed E-state index contributed by atoms with van der Waals surface area (Å²) in [6.07, 6.45) is 1.49. The lowest BCUT2D eigenvalue weighted by Crippen LogP contribution is -2.25. The van der Waals surface area contributed by atoms with Crippen molar-refractivity contribution in [2.75, 3.05) is 0 Å². The van der Waals surface area contributed by atoms with Gasteiger partial charge in [-0.1, -0.05) is 18.5 Å². The fraction of sp³-hybridized carbons (Fsp3) is 0.417. The summed E-state index contributed by atoms with van der Waals surface area (Å²) in [5.41, 5.74) is 2.77. The van der Waals surface area contributed by atoms with E-state index in [9.17, 15) is 4.79 Å². The Balaban J connectivity index is 2.24. The van der Waals surface area contributed by atoms with Gasteiger partial charge in [-0.15, -0.1) is 11.3 Å². The van der Waals surface area contributed by atoms with Crippen molar-refractivity contribution in [2.45, 2.75) is 33.2 Å². The van der Waals surface area contributed by atoms with E-state index in [1.807, 2.05) is 19.4 Å². The average molecular weight is 284 g/mol. The molecule has 0 saturated carbocycles. The zero-order valence-corrected chi connectivity index (χ0v) is 11.9. The van der Waals surface area contributed by atoms with Gasteiger partial charge in [0.25, 0.3) is 5.56 Å². The Morgan fingerprint density at radius 3 is 2.89 bits per heavy atom. The van der Waals surface area contributed by atoms with Crippen LogP contribution < -0.4 is 5.56 Å². The molecule has 0 aromatic carbocycles. The van der Waals surface area contributed by atoms with Crippen LogP contribution in [0.2, 0.25) is 5.15 Å². The summed E-state index contributed by atoms with van der Waals surface area (Å²) in [6.45, 7) is 4.57. The van der Waals surface area contributed by atoms with E-state index in [2.05, 4.69) is 9.97 Å². The molecule has 2 aromatic rings. The smallest absolute Gasteiger partial charge is 0.254 e. The molecule has 2 aromatic heterocycles. The molecule has 0 spiro atoms. The van der Waals surface area contributed by atoms with Crippen molar-refractivity contribution in [1.29, 1.82) is 0 Å². The minimum Gasteiger partial charge on any atom is -0.296 e. The largest absolute Gasteiger partial charge is 0.296 e. The second-order valence-electron chi connectivity index (χ2n) is 3.95. The van der Waals surface area contributed by atoms with E-state index in [0.717, 1.165) is 17.9 Å². The molecule has 0 unspecified atom stereocenters. The van der Waals surface area contributed by atoms with E-state index in [0.29, 0.717) is 13.0 Å². The Morgan fingerprint density at radius 2 is 2.28 bits per heavy atom. The molecule has 6 heteroatoms. The van der Waals surface area contributed by atoms with Gasteiger partial charge in [-0.25, -0.2) is 9.97 Å². The second-order valence-corrected chi connectivity index (χ2v) is 5.28. The molecule has 0 aliphatic heterocycles. The topological polar surface area (TPSA) is 47.8 Å². The summed E-state index contributed by atoms with van der Waals surface area (Å²) in [4.78, 5) is 21.5. The second kappa shape index (κ2) is 5.63. The summed E-state index contributed by atoms with van der Waals surface area (Å²) in [7, 11) is 0. The van der Waals surface area contributed by atoms with Crippen LogP contribution in [0.15, 0.2) is 16.4 Å². The lowest BCUT2D eigenvalue weighted by atomic mass is 10.3. The van der Waals surface area contributed by atoms with Crippen LogP contribution in [0, 0.1) is 6.92 Å². The first-order valence-electron chi connectivity index (χ1n) is 5.77. The molecule has 0 amide bonds. The maximum atomic E-state index is 11.9. The maximum Gasteiger partial charge on any atom is 0.254 e. The Hall–Kier alpha value is -1.20. The van der Waals surface area contributed by atoms with Crippen molar-refractivity contribution in [3.05, 3.63) is 43.5 Å². The Labute approximate surface area is 114 Å². The molecule has 4 nitrogen and oxygen atoms in total. The van der Waals surface area contributed by atoms with Crippen LogP contribution in [-0.4, -0.2) is 14.5 Å².